The van der Waals surface area contributed by atoms with Gasteiger partial charge in [0.25, 0.3) is 0 Å². The van der Waals surface area contributed by atoms with Gasteiger partial charge in [-0.1, -0.05) is 18.2 Å². The molecule has 2 aromatic rings. The Hall–Kier alpha value is -2.53. The first-order valence-corrected chi connectivity index (χ1v) is 8.58. The molecule has 5 heteroatoms. The van der Waals surface area contributed by atoms with Gasteiger partial charge in [0.1, 0.15) is 18.1 Å². The smallest absolute Gasteiger partial charge is 0.152 e. The predicted octanol–water partition coefficient (Wildman–Crippen LogP) is 2.71. The summed E-state index contributed by atoms with van der Waals surface area (Å²) in [6, 6.07) is 15.5. The fourth-order valence-corrected chi connectivity index (χ4v) is 3.05. The summed E-state index contributed by atoms with van der Waals surface area (Å²) in [6.07, 6.45) is 0.912. The van der Waals surface area contributed by atoms with Crippen molar-refractivity contribution in [3.05, 3.63) is 54.1 Å². The summed E-state index contributed by atoms with van der Waals surface area (Å²) < 4.78 is 11.1. The van der Waals surface area contributed by atoms with E-state index >= 15 is 0 Å². The number of piperazine rings is 1. The highest BCUT2D eigenvalue weighted by Crippen LogP contribution is 2.26. The van der Waals surface area contributed by atoms with E-state index in [9.17, 15) is 4.79 Å². The topological polar surface area (TPSA) is 42.0 Å². The Bertz CT molecular complexity index is 683. The van der Waals surface area contributed by atoms with Crippen molar-refractivity contribution in [2.75, 3.05) is 51.3 Å². The average molecular weight is 340 g/mol. The van der Waals surface area contributed by atoms with Gasteiger partial charge >= 0.3 is 0 Å². The summed E-state index contributed by atoms with van der Waals surface area (Å²) in [5.41, 5.74) is 1.66. The van der Waals surface area contributed by atoms with Gasteiger partial charge in [0.05, 0.1) is 12.8 Å². The number of anilines is 1. The van der Waals surface area contributed by atoms with Crippen molar-refractivity contribution in [2.24, 2.45) is 0 Å². The number of aldehydes is 1. The zero-order valence-electron chi connectivity index (χ0n) is 14.6. The van der Waals surface area contributed by atoms with Gasteiger partial charge < -0.3 is 14.4 Å². The summed E-state index contributed by atoms with van der Waals surface area (Å²) in [5, 5.41) is 0. The second kappa shape index (κ2) is 8.53. The first-order valence-electron chi connectivity index (χ1n) is 8.58. The average Bonchev–Trinajstić information content (AvgIpc) is 2.69. The third kappa shape index (κ3) is 4.51. The standard InChI is InChI=1S/C20H24N2O3/c1-24-19-8-7-17(16-23)20(15-19)22-11-9-21(10-12-22)13-14-25-18-5-3-2-4-6-18/h2-8,15-16H,9-14H2,1H3. The maximum absolute atomic E-state index is 11.3. The van der Waals surface area contributed by atoms with Crippen LogP contribution in [0.3, 0.4) is 0 Å². The Kier molecular flexibility index (Phi) is 5.90. The summed E-state index contributed by atoms with van der Waals surface area (Å²) >= 11 is 0. The lowest BCUT2D eigenvalue weighted by Crippen LogP contribution is -2.47. The SMILES string of the molecule is COc1ccc(C=O)c(N2CCN(CCOc3ccccc3)CC2)c1. The Morgan fingerprint density at radius 2 is 1.76 bits per heavy atom. The third-order valence-electron chi connectivity index (χ3n) is 4.50. The van der Waals surface area contributed by atoms with Gasteiger partial charge in [-0.15, -0.1) is 0 Å². The van der Waals surface area contributed by atoms with Crippen LogP contribution < -0.4 is 14.4 Å². The first-order chi connectivity index (χ1) is 12.3. The van der Waals surface area contributed by atoms with Crippen molar-refractivity contribution in [3.8, 4) is 11.5 Å². The van der Waals surface area contributed by atoms with Crippen LogP contribution in [-0.4, -0.2) is 57.6 Å². The van der Waals surface area contributed by atoms with Gasteiger partial charge in [0.2, 0.25) is 0 Å². The van der Waals surface area contributed by atoms with Gasteiger partial charge in [-0.25, -0.2) is 0 Å². The van der Waals surface area contributed by atoms with E-state index < -0.39 is 0 Å². The molecule has 1 saturated heterocycles. The Morgan fingerprint density at radius 1 is 1.00 bits per heavy atom. The van der Waals surface area contributed by atoms with E-state index in [4.69, 9.17) is 9.47 Å². The molecule has 0 N–H and O–H groups in total. The molecule has 0 radical (unpaired) electrons. The molecule has 1 aliphatic heterocycles. The molecule has 1 heterocycles. The monoisotopic (exact) mass is 340 g/mol. The molecular formula is C20H24N2O3. The largest absolute Gasteiger partial charge is 0.497 e. The minimum Gasteiger partial charge on any atom is -0.497 e. The number of hydrogen-bond acceptors (Lipinski definition) is 5. The molecule has 0 aromatic heterocycles. The number of benzene rings is 2. The number of methoxy groups -OCH3 is 1. The fourth-order valence-electron chi connectivity index (χ4n) is 3.05. The lowest BCUT2D eigenvalue weighted by atomic mass is 10.1. The zero-order chi connectivity index (χ0) is 17.5. The van der Waals surface area contributed by atoms with Crippen LogP contribution in [0.15, 0.2) is 48.5 Å². The molecule has 0 atom stereocenters. The van der Waals surface area contributed by atoms with Gasteiger partial charge in [-0.2, -0.15) is 0 Å². The zero-order valence-corrected chi connectivity index (χ0v) is 14.6. The molecule has 132 valence electrons. The van der Waals surface area contributed by atoms with E-state index in [-0.39, 0.29) is 0 Å². The maximum Gasteiger partial charge on any atom is 0.152 e. The van der Waals surface area contributed by atoms with Gasteiger partial charge in [-0.3, -0.25) is 9.69 Å². The molecule has 0 saturated carbocycles. The second-order valence-corrected chi connectivity index (χ2v) is 6.03. The van der Waals surface area contributed by atoms with Gasteiger partial charge in [0.15, 0.2) is 6.29 Å². The van der Waals surface area contributed by atoms with Crippen LogP contribution in [0.1, 0.15) is 10.4 Å². The van der Waals surface area contributed by atoms with Crippen molar-refractivity contribution < 1.29 is 14.3 Å². The lowest BCUT2D eigenvalue weighted by molar-refractivity contribution is 0.112. The second-order valence-electron chi connectivity index (χ2n) is 6.03. The molecule has 0 aliphatic carbocycles. The van der Waals surface area contributed by atoms with Gasteiger partial charge in [-0.05, 0) is 24.3 Å². The highest BCUT2D eigenvalue weighted by atomic mass is 16.5. The molecule has 0 bridgehead atoms. The molecule has 2 aromatic carbocycles. The fraction of sp³-hybridized carbons (Fsp3) is 0.350. The number of carbonyl (C=O) groups is 1. The van der Waals surface area contributed by atoms with E-state index in [0.29, 0.717) is 12.2 Å². The molecule has 1 fully saturated rings. The lowest BCUT2D eigenvalue weighted by Gasteiger charge is -2.36. The van der Waals surface area contributed by atoms with E-state index in [2.05, 4.69) is 9.80 Å². The van der Waals surface area contributed by atoms with Crippen molar-refractivity contribution in [1.82, 2.24) is 4.90 Å². The van der Waals surface area contributed by atoms with Crippen LogP contribution in [0, 0.1) is 0 Å². The number of hydrogen-bond donors (Lipinski definition) is 0. The van der Waals surface area contributed by atoms with Crippen molar-refractivity contribution >= 4 is 12.0 Å². The van der Waals surface area contributed by atoms with Crippen LogP contribution in [0.4, 0.5) is 5.69 Å². The highest BCUT2D eigenvalue weighted by Gasteiger charge is 2.19. The van der Waals surface area contributed by atoms with E-state index in [1.165, 1.54) is 0 Å². The Morgan fingerprint density at radius 3 is 2.44 bits per heavy atom. The van der Waals surface area contributed by atoms with E-state index in [1.807, 2.05) is 48.5 Å². The predicted molar refractivity (Wildman–Crippen MR) is 99.0 cm³/mol. The number of rotatable bonds is 7. The molecule has 0 amide bonds. The first kappa shape index (κ1) is 17.3. The molecule has 3 rings (SSSR count). The van der Waals surface area contributed by atoms with Crippen molar-refractivity contribution in [1.29, 1.82) is 0 Å². The normalized spacial score (nSPS) is 15.0. The summed E-state index contributed by atoms with van der Waals surface area (Å²) in [7, 11) is 1.64. The third-order valence-corrected chi connectivity index (χ3v) is 4.50. The Balaban J connectivity index is 1.51. The van der Waals surface area contributed by atoms with Gasteiger partial charge in [0, 0.05) is 44.4 Å². The summed E-state index contributed by atoms with van der Waals surface area (Å²) in [6.45, 7) is 5.27. The van der Waals surface area contributed by atoms with Crippen LogP contribution in [0.2, 0.25) is 0 Å². The molecule has 1 aliphatic rings. The molecule has 0 spiro atoms. The number of nitrogens with zero attached hydrogens (tertiary/aromatic N) is 2. The quantitative estimate of drug-likeness (QED) is 0.725. The van der Waals surface area contributed by atoms with E-state index in [0.717, 1.165) is 56.2 Å². The number of carbonyl (C=O) groups excluding carboxylic acids is 1. The van der Waals surface area contributed by atoms with Crippen molar-refractivity contribution in [3.63, 3.8) is 0 Å². The highest BCUT2D eigenvalue weighted by molar-refractivity contribution is 5.85. The van der Waals surface area contributed by atoms with Crippen LogP contribution in [0.25, 0.3) is 0 Å². The van der Waals surface area contributed by atoms with Crippen molar-refractivity contribution in [2.45, 2.75) is 0 Å². The van der Waals surface area contributed by atoms with Crippen LogP contribution >= 0.6 is 0 Å². The minimum atomic E-state index is 0.683. The molecule has 0 unspecified atom stereocenters. The van der Waals surface area contributed by atoms with Crippen LogP contribution in [0.5, 0.6) is 11.5 Å². The summed E-state index contributed by atoms with van der Waals surface area (Å²) in [5.74, 6) is 1.69. The molecule has 5 nitrogen and oxygen atoms in total. The number of para-hydroxylation sites is 1. The number of ether oxygens (including phenoxy) is 2. The molecular weight excluding hydrogens is 316 g/mol. The molecule has 25 heavy (non-hydrogen) atoms. The summed E-state index contributed by atoms with van der Waals surface area (Å²) in [4.78, 5) is 16.0. The minimum absolute atomic E-state index is 0.683. The van der Waals surface area contributed by atoms with E-state index in [1.54, 1.807) is 7.11 Å². The van der Waals surface area contributed by atoms with Crippen LogP contribution in [-0.2, 0) is 0 Å². The Labute approximate surface area is 148 Å². The maximum atomic E-state index is 11.3.